The molecule has 0 radical (unpaired) electrons. The summed E-state index contributed by atoms with van der Waals surface area (Å²) in [6.07, 6.45) is -0.0613. The Bertz CT molecular complexity index is 483. The number of nitrogen functional groups attached to an aromatic ring is 1. The van der Waals surface area contributed by atoms with Gasteiger partial charge >= 0.3 is 0 Å². The Morgan fingerprint density at radius 1 is 1.10 bits per heavy atom. The zero-order chi connectivity index (χ0) is 15.6. The van der Waals surface area contributed by atoms with Gasteiger partial charge in [-0.05, 0) is 27.7 Å². The number of nitrogens with zero attached hydrogens (tertiary/aromatic N) is 2. The second-order valence-corrected chi connectivity index (χ2v) is 6.12. The van der Waals surface area contributed by atoms with Gasteiger partial charge in [0.1, 0.15) is 0 Å². The first-order chi connectivity index (χ1) is 9.88. The molecule has 0 saturated carbocycles. The molecule has 118 valence electrons. The Morgan fingerprint density at radius 2 is 1.71 bits per heavy atom. The quantitative estimate of drug-likeness (QED) is 0.867. The van der Waals surface area contributed by atoms with Crippen molar-refractivity contribution in [3.05, 3.63) is 17.9 Å². The largest absolute Gasteiger partial charge is 0.488 e. The monoisotopic (exact) mass is 295 g/mol. The lowest BCUT2D eigenvalue weighted by Gasteiger charge is -2.38. The molecular formula is C16H26FN3O. The Kier molecular flexibility index (Phi) is 4.93. The van der Waals surface area contributed by atoms with Gasteiger partial charge in [-0.1, -0.05) is 0 Å². The van der Waals surface area contributed by atoms with Gasteiger partial charge in [0.15, 0.2) is 11.6 Å². The summed E-state index contributed by atoms with van der Waals surface area (Å²) >= 11 is 0. The first kappa shape index (κ1) is 15.9. The molecule has 0 atom stereocenters. The maximum Gasteiger partial charge on any atom is 0.167 e. The fourth-order valence-electron chi connectivity index (χ4n) is 2.66. The highest BCUT2D eigenvalue weighted by molar-refractivity contribution is 5.70. The minimum absolute atomic E-state index is 0.0613. The third-order valence-electron chi connectivity index (χ3n) is 3.83. The Balaban J connectivity index is 2.16. The van der Waals surface area contributed by atoms with Gasteiger partial charge in [0.2, 0.25) is 0 Å². The summed E-state index contributed by atoms with van der Waals surface area (Å²) < 4.78 is 19.4. The highest BCUT2D eigenvalue weighted by Crippen LogP contribution is 2.32. The van der Waals surface area contributed by atoms with E-state index in [-0.39, 0.29) is 11.9 Å². The van der Waals surface area contributed by atoms with Crippen molar-refractivity contribution in [1.29, 1.82) is 0 Å². The van der Waals surface area contributed by atoms with Gasteiger partial charge in [-0.3, -0.25) is 4.90 Å². The number of piperazine rings is 1. The van der Waals surface area contributed by atoms with Crippen LogP contribution in [0.5, 0.6) is 5.75 Å². The van der Waals surface area contributed by atoms with Crippen LogP contribution in [0.25, 0.3) is 0 Å². The van der Waals surface area contributed by atoms with E-state index in [1.54, 1.807) is 6.07 Å². The summed E-state index contributed by atoms with van der Waals surface area (Å²) in [6, 6.07) is 3.65. The van der Waals surface area contributed by atoms with Crippen LogP contribution in [0.3, 0.4) is 0 Å². The van der Waals surface area contributed by atoms with Crippen molar-refractivity contribution in [3.8, 4) is 5.75 Å². The average molecular weight is 295 g/mol. The molecule has 1 heterocycles. The zero-order valence-electron chi connectivity index (χ0n) is 13.4. The minimum Gasteiger partial charge on any atom is -0.488 e. The van der Waals surface area contributed by atoms with E-state index in [9.17, 15) is 4.39 Å². The molecule has 0 spiro atoms. The summed E-state index contributed by atoms with van der Waals surface area (Å²) in [4.78, 5) is 4.64. The summed E-state index contributed by atoms with van der Waals surface area (Å²) in [7, 11) is 0. The average Bonchev–Trinajstić information content (AvgIpc) is 2.41. The molecule has 1 aromatic rings. The van der Waals surface area contributed by atoms with Crippen molar-refractivity contribution in [1.82, 2.24) is 4.90 Å². The summed E-state index contributed by atoms with van der Waals surface area (Å²) in [5, 5.41) is 0. The van der Waals surface area contributed by atoms with Crippen LogP contribution in [0.15, 0.2) is 12.1 Å². The first-order valence-corrected chi connectivity index (χ1v) is 7.63. The van der Waals surface area contributed by atoms with Crippen molar-refractivity contribution >= 4 is 11.4 Å². The second-order valence-electron chi connectivity index (χ2n) is 6.12. The van der Waals surface area contributed by atoms with Crippen LogP contribution < -0.4 is 15.4 Å². The number of rotatable bonds is 4. The van der Waals surface area contributed by atoms with Gasteiger partial charge in [-0.2, -0.15) is 0 Å². The lowest BCUT2D eigenvalue weighted by Crippen LogP contribution is -2.49. The van der Waals surface area contributed by atoms with Crippen molar-refractivity contribution in [2.45, 2.75) is 39.8 Å². The van der Waals surface area contributed by atoms with Crippen LogP contribution in [-0.4, -0.2) is 43.2 Å². The Morgan fingerprint density at radius 3 is 2.24 bits per heavy atom. The van der Waals surface area contributed by atoms with Gasteiger partial charge in [-0.15, -0.1) is 0 Å². The van der Waals surface area contributed by atoms with Crippen molar-refractivity contribution < 1.29 is 9.13 Å². The molecule has 5 heteroatoms. The third kappa shape index (κ3) is 3.79. The van der Waals surface area contributed by atoms with Crippen LogP contribution in [0.4, 0.5) is 15.8 Å². The number of hydrogen-bond donors (Lipinski definition) is 1. The number of benzene rings is 1. The Hall–Kier alpha value is -1.49. The predicted molar refractivity (Wildman–Crippen MR) is 85.5 cm³/mol. The van der Waals surface area contributed by atoms with E-state index in [1.165, 1.54) is 6.07 Å². The molecule has 0 unspecified atom stereocenters. The maximum atomic E-state index is 13.9. The molecule has 4 nitrogen and oxygen atoms in total. The fraction of sp³-hybridized carbons (Fsp3) is 0.625. The smallest absolute Gasteiger partial charge is 0.167 e. The van der Waals surface area contributed by atoms with Crippen LogP contribution in [0.2, 0.25) is 0 Å². The van der Waals surface area contributed by atoms with E-state index in [0.29, 0.717) is 11.7 Å². The van der Waals surface area contributed by atoms with Gasteiger partial charge in [0.25, 0.3) is 0 Å². The topological polar surface area (TPSA) is 41.7 Å². The zero-order valence-corrected chi connectivity index (χ0v) is 13.4. The number of ether oxygens (including phenoxy) is 1. The normalized spacial score (nSPS) is 16.8. The van der Waals surface area contributed by atoms with E-state index >= 15 is 0 Å². The van der Waals surface area contributed by atoms with Gasteiger partial charge in [0, 0.05) is 44.4 Å². The number of nitrogens with two attached hydrogens (primary N) is 1. The molecular weight excluding hydrogens is 269 g/mol. The SMILES string of the molecule is CC(C)Oc1cc(N2CCN(C(C)C)CC2)c(N)cc1F. The maximum absolute atomic E-state index is 13.9. The molecule has 0 amide bonds. The highest BCUT2D eigenvalue weighted by Gasteiger charge is 2.22. The first-order valence-electron chi connectivity index (χ1n) is 7.63. The van der Waals surface area contributed by atoms with E-state index in [1.807, 2.05) is 13.8 Å². The third-order valence-corrected chi connectivity index (χ3v) is 3.83. The van der Waals surface area contributed by atoms with Crippen LogP contribution in [0.1, 0.15) is 27.7 Å². The number of halogens is 1. The van der Waals surface area contributed by atoms with Crippen LogP contribution in [-0.2, 0) is 0 Å². The predicted octanol–water partition coefficient (Wildman–Crippen LogP) is 2.73. The molecule has 1 aliphatic rings. The lowest BCUT2D eigenvalue weighted by atomic mass is 10.2. The van der Waals surface area contributed by atoms with E-state index in [2.05, 4.69) is 23.6 Å². The van der Waals surface area contributed by atoms with Gasteiger partial charge < -0.3 is 15.4 Å². The van der Waals surface area contributed by atoms with E-state index < -0.39 is 5.82 Å². The number of hydrogen-bond acceptors (Lipinski definition) is 4. The molecule has 1 aromatic carbocycles. The van der Waals surface area contributed by atoms with Crippen LogP contribution in [0, 0.1) is 5.82 Å². The van der Waals surface area contributed by atoms with Crippen molar-refractivity contribution in [3.63, 3.8) is 0 Å². The fourth-order valence-corrected chi connectivity index (χ4v) is 2.66. The van der Waals surface area contributed by atoms with Gasteiger partial charge in [0.05, 0.1) is 17.5 Å². The van der Waals surface area contributed by atoms with Crippen LogP contribution >= 0.6 is 0 Å². The van der Waals surface area contributed by atoms with E-state index in [4.69, 9.17) is 10.5 Å². The lowest BCUT2D eigenvalue weighted by molar-refractivity contribution is 0.209. The molecule has 0 aliphatic carbocycles. The molecule has 1 fully saturated rings. The molecule has 1 saturated heterocycles. The highest BCUT2D eigenvalue weighted by atomic mass is 19.1. The molecule has 0 bridgehead atoms. The molecule has 1 aliphatic heterocycles. The molecule has 21 heavy (non-hydrogen) atoms. The minimum atomic E-state index is -0.397. The second kappa shape index (κ2) is 6.52. The van der Waals surface area contributed by atoms with Crippen molar-refractivity contribution in [2.24, 2.45) is 0 Å². The summed E-state index contributed by atoms with van der Waals surface area (Å²) in [5.41, 5.74) is 7.34. The van der Waals surface area contributed by atoms with Crippen molar-refractivity contribution in [2.75, 3.05) is 36.8 Å². The van der Waals surface area contributed by atoms with E-state index in [0.717, 1.165) is 31.9 Å². The molecule has 2 rings (SSSR count). The Labute approximate surface area is 126 Å². The van der Waals surface area contributed by atoms with Gasteiger partial charge in [-0.25, -0.2) is 4.39 Å². The summed E-state index contributed by atoms with van der Waals surface area (Å²) in [6.45, 7) is 12.0. The number of anilines is 2. The summed E-state index contributed by atoms with van der Waals surface area (Å²) in [5.74, 6) is -0.119. The molecule has 2 N–H and O–H groups in total. The standard InChI is InChI=1S/C16H26FN3O/c1-11(2)19-5-7-20(8-6-19)15-10-16(21-12(3)4)13(17)9-14(15)18/h9-12H,5-8,18H2,1-4H3. The molecule has 0 aromatic heterocycles.